The Kier molecular flexibility index (Phi) is 4.58. The van der Waals surface area contributed by atoms with Crippen molar-refractivity contribution >= 4 is 17.4 Å². The summed E-state index contributed by atoms with van der Waals surface area (Å²) in [5.41, 5.74) is 0.599. The Balaban J connectivity index is 2.21. The second-order valence-corrected chi connectivity index (χ2v) is 5.09. The average molecular weight is 311 g/mol. The van der Waals surface area contributed by atoms with Crippen LogP contribution in [0.4, 0.5) is 8.78 Å². The molecule has 0 fully saturated rings. The Bertz CT molecular complexity index is 686. The van der Waals surface area contributed by atoms with Crippen LogP contribution in [0.2, 0.25) is 5.02 Å². The van der Waals surface area contributed by atoms with Gasteiger partial charge in [0.05, 0.1) is 5.56 Å². The predicted octanol–water partition coefficient (Wildman–Crippen LogP) is 4.58. The van der Waals surface area contributed by atoms with E-state index in [-0.39, 0.29) is 5.56 Å². The van der Waals surface area contributed by atoms with E-state index >= 15 is 0 Å². The molecule has 0 radical (unpaired) electrons. The van der Waals surface area contributed by atoms with Crippen molar-refractivity contribution in [3.8, 4) is 5.75 Å². The molecule has 0 saturated carbocycles. The Labute approximate surface area is 126 Å². The fourth-order valence-electron chi connectivity index (χ4n) is 1.85. The van der Waals surface area contributed by atoms with Crippen molar-refractivity contribution in [3.63, 3.8) is 0 Å². The van der Waals surface area contributed by atoms with Crippen LogP contribution < -0.4 is 4.74 Å². The first kappa shape index (κ1) is 15.4. The van der Waals surface area contributed by atoms with Gasteiger partial charge in [0.15, 0.2) is 6.10 Å². The third kappa shape index (κ3) is 3.58. The summed E-state index contributed by atoms with van der Waals surface area (Å²) in [6.07, 6.45) is -0.915. The minimum absolute atomic E-state index is 0.205. The lowest BCUT2D eigenvalue weighted by atomic mass is 10.1. The highest BCUT2D eigenvalue weighted by atomic mass is 35.5. The van der Waals surface area contributed by atoms with Crippen LogP contribution in [0, 0.1) is 18.6 Å². The van der Waals surface area contributed by atoms with E-state index in [0.29, 0.717) is 16.8 Å². The maximum absolute atomic E-state index is 13.6. The number of ether oxygens (including phenoxy) is 1. The summed E-state index contributed by atoms with van der Waals surface area (Å²) in [6, 6.07) is 7.86. The van der Waals surface area contributed by atoms with Crippen LogP contribution in [0.5, 0.6) is 5.75 Å². The molecule has 5 heteroatoms. The second kappa shape index (κ2) is 6.22. The lowest BCUT2D eigenvalue weighted by molar-refractivity contribution is 0.0813. The standard InChI is InChI=1S/C16H13ClF2O2/c1-9-3-4-11(17)7-15(9)21-10(2)16(20)13-6-5-12(18)8-14(13)19/h3-8,10H,1-2H3. The SMILES string of the molecule is Cc1ccc(Cl)cc1OC(C)C(=O)c1ccc(F)cc1F. The van der Waals surface area contributed by atoms with E-state index in [1.54, 1.807) is 25.1 Å². The predicted molar refractivity (Wildman–Crippen MR) is 77.0 cm³/mol. The molecule has 0 aliphatic carbocycles. The van der Waals surface area contributed by atoms with Crippen LogP contribution in [-0.2, 0) is 0 Å². The summed E-state index contributed by atoms with van der Waals surface area (Å²) in [4.78, 5) is 12.2. The quantitative estimate of drug-likeness (QED) is 0.773. The van der Waals surface area contributed by atoms with Crippen molar-refractivity contribution in [2.75, 3.05) is 0 Å². The van der Waals surface area contributed by atoms with Gasteiger partial charge in [-0.05, 0) is 43.7 Å². The van der Waals surface area contributed by atoms with Gasteiger partial charge in [0.25, 0.3) is 0 Å². The van der Waals surface area contributed by atoms with E-state index in [2.05, 4.69) is 0 Å². The fraction of sp³-hybridized carbons (Fsp3) is 0.188. The van der Waals surface area contributed by atoms with Crippen LogP contribution >= 0.6 is 11.6 Å². The topological polar surface area (TPSA) is 26.3 Å². The number of hydrogen-bond donors (Lipinski definition) is 0. The molecule has 1 atom stereocenters. The number of halogens is 3. The van der Waals surface area contributed by atoms with Gasteiger partial charge in [0, 0.05) is 11.1 Å². The lowest BCUT2D eigenvalue weighted by Gasteiger charge is -2.16. The Hall–Kier alpha value is -1.94. The van der Waals surface area contributed by atoms with Gasteiger partial charge >= 0.3 is 0 Å². The lowest BCUT2D eigenvalue weighted by Crippen LogP contribution is -2.25. The van der Waals surface area contributed by atoms with Gasteiger partial charge in [-0.25, -0.2) is 8.78 Å². The molecular weight excluding hydrogens is 298 g/mol. The molecule has 110 valence electrons. The Morgan fingerprint density at radius 1 is 1.19 bits per heavy atom. The molecule has 2 rings (SSSR count). The largest absolute Gasteiger partial charge is 0.482 e. The normalized spacial score (nSPS) is 12.0. The van der Waals surface area contributed by atoms with Crippen LogP contribution in [-0.4, -0.2) is 11.9 Å². The third-order valence-electron chi connectivity index (χ3n) is 3.02. The third-order valence-corrected chi connectivity index (χ3v) is 3.25. The van der Waals surface area contributed by atoms with Gasteiger partial charge in [-0.3, -0.25) is 4.79 Å². The fourth-order valence-corrected chi connectivity index (χ4v) is 2.02. The van der Waals surface area contributed by atoms with Crippen molar-refractivity contribution < 1.29 is 18.3 Å². The summed E-state index contributed by atoms with van der Waals surface area (Å²) in [5, 5.41) is 0.475. The number of carbonyl (C=O) groups is 1. The molecule has 0 aromatic heterocycles. The van der Waals surface area contributed by atoms with E-state index in [0.717, 1.165) is 17.7 Å². The first-order valence-electron chi connectivity index (χ1n) is 6.30. The molecule has 0 saturated heterocycles. The molecule has 0 aliphatic heterocycles. The van der Waals surface area contributed by atoms with Gasteiger partial charge in [-0.2, -0.15) is 0 Å². The van der Waals surface area contributed by atoms with E-state index in [1.165, 1.54) is 6.92 Å². The van der Waals surface area contributed by atoms with E-state index < -0.39 is 23.5 Å². The van der Waals surface area contributed by atoms with Crippen molar-refractivity contribution in [2.45, 2.75) is 20.0 Å². The van der Waals surface area contributed by atoms with E-state index in [9.17, 15) is 13.6 Å². The maximum atomic E-state index is 13.6. The first-order chi connectivity index (χ1) is 9.88. The highest BCUT2D eigenvalue weighted by Crippen LogP contribution is 2.24. The molecule has 0 bridgehead atoms. The Morgan fingerprint density at radius 3 is 2.57 bits per heavy atom. The number of carbonyl (C=O) groups excluding carboxylic acids is 1. The number of benzene rings is 2. The minimum Gasteiger partial charge on any atom is -0.482 e. The molecule has 0 aliphatic rings. The zero-order valence-electron chi connectivity index (χ0n) is 11.5. The van der Waals surface area contributed by atoms with Crippen molar-refractivity contribution in [3.05, 3.63) is 64.2 Å². The molecule has 0 spiro atoms. The van der Waals surface area contributed by atoms with Crippen LogP contribution in [0.3, 0.4) is 0 Å². The summed E-state index contributed by atoms with van der Waals surface area (Å²) in [6.45, 7) is 3.31. The van der Waals surface area contributed by atoms with Crippen LogP contribution in [0.1, 0.15) is 22.8 Å². The van der Waals surface area contributed by atoms with Crippen LogP contribution in [0.25, 0.3) is 0 Å². The zero-order valence-corrected chi connectivity index (χ0v) is 12.2. The number of rotatable bonds is 4. The average Bonchev–Trinajstić information content (AvgIpc) is 2.42. The van der Waals surface area contributed by atoms with Gasteiger partial charge in [0.1, 0.15) is 17.4 Å². The van der Waals surface area contributed by atoms with Crippen molar-refractivity contribution in [2.24, 2.45) is 0 Å². The molecule has 0 heterocycles. The molecule has 2 nitrogen and oxygen atoms in total. The minimum atomic E-state index is -0.915. The number of hydrogen-bond acceptors (Lipinski definition) is 2. The first-order valence-corrected chi connectivity index (χ1v) is 6.68. The molecule has 1 unspecified atom stereocenters. The Morgan fingerprint density at radius 2 is 1.90 bits per heavy atom. The highest BCUT2D eigenvalue weighted by Gasteiger charge is 2.21. The van der Waals surface area contributed by atoms with E-state index in [1.807, 2.05) is 0 Å². The van der Waals surface area contributed by atoms with Gasteiger partial charge in [-0.15, -0.1) is 0 Å². The summed E-state index contributed by atoms with van der Waals surface area (Å²) >= 11 is 5.87. The molecular formula is C16H13ClF2O2. The number of Topliss-reactive ketones (excluding diaryl/α,β-unsaturated/α-hetero) is 1. The zero-order chi connectivity index (χ0) is 15.6. The second-order valence-electron chi connectivity index (χ2n) is 4.66. The number of ketones is 1. The molecule has 2 aromatic rings. The molecule has 0 N–H and O–H groups in total. The summed E-state index contributed by atoms with van der Waals surface area (Å²) in [7, 11) is 0. The number of aryl methyl sites for hydroxylation is 1. The summed E-state index contributed by atoms with van der Waals surface area (Å²) < 4.78 is 32.0. The van der Waals surface area contributed by atoms with Gasteiger partial charge in [0.2, 0.25) is 5.78 Å². The van der Waals surface area contributed by atoms with Crippen molar-refractivity contribution in [1.82, 2.24) is 0 Å². The van der Waals surface area contributed by atoms with Gasteiger partial charge in [-0.1, -0.05) is 17.7 Å². The monoisotopic (exact) mass is 310 g/mol. The van der Waals surface area contributed by atoms with Gasteiger partial charge < -0.3 is 4.74 Å². The maximum Gasteiger partial charge on any atom is 0.205 e. The van der Waals surface area contributed by atoms with E-state index in [4.69, 9.17) is 16.3 Å². The van der Waals surface area contributed by atoms with Crippen molar-refractivity contribution in [1.29, 1.82) is 0 Å². The summed E-state index contributed by atoms with van der Waals surface area (Å²) in [5.74, 6) is -1.75. The molecule has 0 amide bonds. The molecule has 21 heavy (non-hydrogen) atoms. The smallest absolute Gasteiger partial charge is 0.205 e. The molecule has 2 aromatic carbocycles. The highest BCUT2D eigenvalue weighted by molar-refractivity contribution is 6.30. The van der Waals surface area contributed by atoms with Crippen LogP contribution in [0.15, 0.2) is 36.4 Å².